The zero-order valence-corrected chi connectivity index (χ0v) is 36.3. The molecule has 4 aliphatic rings. The largest absolute Gasteiger partial charge is 0.497 e. The van der Waals surface area contributed by atoms with E-state index >= 15 is 0 Å². The molecule has 61 heavy (non-hydrogen) atoms. The molecule has 1 aromatic carbocycles. The van der Waals surface area contributed by atoms with Gasteiger partial charge in [-0.2, -0.15) is 0 Å². The standard InChI is InChI=1S/C44H56N6O10S/c1-7-27-18-26(4)10-8-9-11-29-22-44(29,41(53)49-61(56,57)43(5)16-17-43)48-38(51)36-21-32(24-50(36)40(52)37(27)47-42(54)55)60-39-33-14-12-30(58-6)19-28(33)20-35(46-39)34-15-13-31(23-45-34)59-25(2)3/h9,11-15,19-20,23,25-27,29,32,36-37,47H,7-8,10,16-18,21-22,24H2,1-6H3,(H,48,51)(H,49,53)(H,54,55)/b11-9-/t26-,27+,29+,32+,36-,37-,44+/m0/s1. The highest BCUT2D eigenvalue weighted by molar-refractivity contribution is 7.91. The number of carboxylic acid groups (broad SMARTS) is 1. The number of rotatable bonds is 11. The second kappa shape index (κ2) is 17.1. The van der Waals surface area contributed by atoms with Crippen molar-refractivity contribution in [3.63, 3.8) is 0 Å². The Labute approximate surface area is 356 Å². The minimum absolute atomic E-state index is 0.0395. The normalized spacial score (nSPS) is 28.0. The second-order valence-corrected chi connectivity index (χ2v) is 19.7. The van der Waals surface area contributed by atoms with E-state index in [9.17, 15) is 32.7 Å². The Bertz CT molecular complexity index is 2320. The van der Waals surface area contributed by atoms with Crippen LogP contribution in [0.5, 0.6) is 17.4 Å². The molecule has 2 saturated carbocycles. The molecule has 4 heterocycles. The first-order chi connectivity index (χ1) is 29.0. The molecule has 0 spiro atoms. The van der Waals surface area contributed by atoms with Gasteiger partial charge in [0.2, 0.25) is 27.7 Å². The highest BCUT2D eigenvalue weighted by atomic mass is 32.2. The Hall–Kier alpha value is -5.45. The quantitative estimate of drug-likeness (QED) is 0.180. The summed E-state index contributed by atoms with van der Waals surface area (Å²) in [5, 5.41) is 16.7. The number of allylic oxidation sites excluding steroid dienone is 1. The third kappa shape index (κ3) is 9.26. The topological polar surface area (TPSA) is 215 Å². The van der Waals surface area contributed by atoms with Crippen LogP contribution in [0.15, 0.2) is 54.7 Å². The number of hydrogen-bond donors (Lipinski definition) is 4. The SMILES string of the molecule is CC[C@@H]1C[C@@H](C)CC/C=C\[C@@H]2C[C@@]2(C(=O)NS(=O)(=O)C2(C)CC2)NC(=O)[C@@H]2C[C@@H](Oc3nc(-c4ccc(OC(C)C)cn4)cc4cc(OC)ccc34)CN2C(=O)[C@H]1NC(=O)O. The Morgan fingerprint density at radius 1 is 1.08 bits per heavy atom. The average molecular weight is 861 g/mol. The number of pyridine rings is 2. The van der Waals surface area contributed by atoms with Crippen molar-refractivity contribution in [1.29, 1.82) is 0 Å². The van der Waals surface area contributed by atoms with Gasteiger partial charge in [-0.15, -0.1) is 0 Å². The maximum atomic E-state index is 14.8. The van der Waals surface area contributed by atoms with Crippen LogP contribution in [-0.4, -0.2) is 100 Å². The summed E-state index contributed by atoms with van der Waals surface area (Å²) in [7, 11) is -2.47. The van der Waals surface area contributed by atoms with Crippen molar-refractivity contribution in [3.05, 3.63) is 54.7 Å². The van der Waals surface area contributed by atoms with Gasteiger partial charge >= 0.3 is 6.09 Å². The Kier molecular flexibility index (Phi) is 12.3. The zero-order chi connectivity index (χ0) is 43.9. The lowest BCUT2D eigenvalue weighted by Crippen LogP contribution is -2.59. The van der Waals surface area contributed by atoms with E-state index in [1.807, 2.05) is 52.0 Å². The molecule has 328 valence electrons. The Morgan fingerprint density at radius 3 is 2.49 bits per heavy atom. The maximum absolute atomic E-state index is 14.8. The Balaban J connectivity index is 1.25. The lowest BCUT2D eigenvalue weighted by atomic mass is 9.85. The van der Waals surface area contributed by atoms with Gasteiger partial charge in [0.25, 0.3) is 5.91 Å². The van der Waals surface area contributed by atoms with Gasteiger partial charge in [0.1, 0.15) is 35.2 Å². The lowest BCUT2D eigenvalue weighted by molar-refractivity contribution is -0.142. The highest BCUT2D eigenvalue weighted by Gasteiger charge is 2.63. The molecular weight excluding hydrogens is 805 g/mol. The number of methoxy groups -OCH3 is 1. The lowest BCUT2D eigenvalue weighted by Gasteiger charge is -2.33. The molecule has 4 amide bonds. The van der Waals surface area contributed by atoms with E-state index in [0.717, 1.165) is 11.8 Å². The average Bonchev–Trinajstić information content (AvgIpc) is 4.10. The van der Waals surface area contributed by atoms with Gasteiger partial charge in [0.15, 0.2) is 0 Å². The minimum Gasteiger partial charge on any atom is -0.497 e. The molecule has 3 aromatic rings. The van der Waals surface area contributed by atoms with Crippen LogP contribution in [0.25, 0.3) is 22.2 Å². The number of hydrogen-bond acceptors (Lipinski definition) is 11. The summed E-state index contributed by atoms with van der Waals surface area (Å²) in [4.78, 5) is 66.5. The number of fused-ring (bicyclic) bond motifs is 3. The molecule has 2 aliphatic carbocycles. The fourth-order valence-corrected chi connectivity index (χ4v) is 9.84. The van der Waals surface area contributed by atoms with Gasteiger partial charge in [-0.05, 0) is 113 Å². The van der Waals surface area contributed by atoms with E-state index < -0.39 is 74.1 Å². The molecule has 3 fully saturated rings. The number of aromatic nitrogens is 2. The molecule has 4 N–H and O–H groups in total. The summed E-state index contributed by atoms with van der Waals surface area (Å²) in [5.41, 5.74) is -0.560. The first-order valence-corrected chi connectivity index (χ1v) is 22.6. The van der Waals surface area contributed by atoms with Crippen molar-refractivity contribution in [3.8, 4) is 28.8 Å². The molecule has 16 nitrogen and oxygen atoms in total. The summed E-state index contributed by atoms with van der Waals surface area (Å²) in [5.74, 6) is -1.49. The highest BCUT2D eigenvalue weighted by Crippen LogP contribution is 2.48. The first-order valence-electron chi connectivity index (χ1n) is 21.1. The molecule has 0 radical (unpaired) electrons. The van der Waals surface area contributed by atoms with E-state index in [0.29, 0.717) is 60.4 Å². The number of benzene rings is 1. The van der Waals surface area contributed by atoms with E-state index in [4.69, 9.17) is 19.2 Å². The van der Waals surface area contributed by atoms with E-state index in [2.05, 4.69) is 20.3 Å². The van der Waals surface area contributed by atoms with Gasteiger partial charge in [0, 0.05) is 17.7 Å². The number of carbonyl (C=O) groups is 4. The molecular formula is C44H56N6O10S. The van der Waals surface area contributed by atoms with Gasteiger partial charge in [-0.25, -0.2) is 18.2 Å². The second-order valence-electron chi connectivity index (χ2n) is 17.5. The van der Waals surface area contributed by atoms with Crippen LogP contribution >= 0.6 is 0 Å². The molecule has 17 heteroatoms. The zero-order valence-electron chi connectivity index (χ0n) is 35.5. The number of nitrogens with one attached hydrogen (secondary N) is 3. The summed E-state index contributed by atoms with van der Waals surface area (Å²) in [6.07, 6.45) is 6.52. The maximum Gasteiger partial charge on any atom is 0.405 e. The van der Waals surface area contributed by atoms with Crippen LogP contribution in [0.4, 0.5) is 4.79 Å². The van der Waals surface area contributed by atoms with Gasteiger partial charge in [-0.3, -0.25) is 24.1 Å². The van der Waals surface area contributed by atoms with Crippen molar-refractivity contribution in [1.82, 2.24) is 30.2 Å². The van der Waals surface area contributed by atoms with E-state index in [1.165, 1.54) is 4.90 Å². The fourth-order valence-electron chi connectivity index (χ4n) is 8.53. The molecule has 0 bridgehead atoms. The van der Waals surface area contributed by atoms with E-state index in [1.54, 1.807) is 44.5 Å². The molecule has 0 unspecified atom stereocenters. The van der Waals surface area contributed by atoms with Crippen LogP contribution < -0.4 is 29.6 Å². The van der Waals surface area contributed by atoms with Gasteiger partial charge in [-0.1, -0.05) is 32.4 Å². The molecule has 7 atom stereocenters. The third-order valence-corrected chi connectivity index (χ3v) is 14.7. The van der Waals surface area contributed by atoms with Crippen molar-refractivity contribution < 1.29 is 46.9 Å². The molecule has 7 rings (SSSR count). The summed E-state index contributed by atoms with van der Waals surface area (Å²) < 4.78 is 45.7. The molecule has 2 aliphatic heterocycles. The molecule has 2 aromatic heterocycles. The van der Waals surface area contributed by atoms with Crippen LogP contribution in [-0.2, 0) is 24.4 Å². The predicted octanol–water partition coefficient (Wildman–Crippen LogP) is 5.35. The predicted molar refractivity (Wildman–Crippen MR) is 226 cm³/mol. The molecule has 1 saturated heterocycles. The summed E-state index contributed by atoms with van der Waals surface area (Å²) in [6.45, 7) is 9.26. The number of nitrogens with zero attached hydrogens (tertiary/aromatic N) is 3. The number of sulfonamides is 1. The Morgan fingerprint density at radius 2 is 1.84 bits per heavy atom. The van der Waals surface area contributed by atoms with Crippen LogP contribution in [0.3, 0.4) is 0 Å². The number of ether oxygens (including phenoxy) is 3. The smallest absolute Gasteiger partial charge is 0.405 e. The van der Waals surface area contributed by atoms with Crippen molar-refractivity contribution in [2.24, 2.45) is 17.8 Å². The van der Waals surface area contributed by atoms with E-state index in [-0.39, 0.29) is 37.3 Å². The number of amides is 4. The fraction of sp³-hybridized carbons (Fsp3) is 0.545. The van der Waals surface area contributed by atoms with Gasteiger partial charge < -0.3 is 34.9 Å². The van der Waals surface area contributed by atoms with Crippen molar-refractivity contribution in [2.75, 3.05) is 13.7 Å². The summed E-state index contributed by atoms with van der Waals surface area (Å²) >= 11 is 0. The minimum atomic E-state index is -4.04. The third-order valence-electron chi connectivity index (χ3n) is 12.5. The van der Waals surface area contributed by atoms with Crippen LogP contribution in [0.2, 0.25) is 0 Å². The van der Waals surface area contributed by atoms with Gasteiger partial charge in [0.05, 0.1) is 42.1 Å². The van der Waals surface area contributed by atoms with Crippen LogP contribution in [0, 0.1) is 17.8 Å². The number of carbonyl (C=O) groups excluding carboxylic acids is 3. The van der Waals surface area contributed by atoms with Crippen molar-refractivity contribution in [2.45, 2.75) is 121 Å². The first kappa shape index (κ1) is 43.6. The monoisotopic (exact) mass is 860 g/mol. The van der Waals surface area contributed by atoms with Crippen LogP contribution in [0.1, 0.15) is 86.0 Å². The van der Waals surface area contributed by atoms with Crippen molar-refractivity contribution >= 4 is 44.6 Å². The summed E-state index contributed by atoms with van der Waals surface area (Å²) in [6, 6.07) is 8.45.